The fourth-order valence-electron chi connectivity index (χ4n) is 4.65. The number of halogens is 6. The number of aliphatic hydroxyl groups excluding tert-OH is 2. The van der Waals surface area contributed by atoms with Gasteiger partial charge in [-0.25, -0.2) is 9.97 Å². The maximum Gasteiger partial charge on any atom is 0.395 e. The zero-order chi connectivity index (χ0) is 33.3. The molecule has 1 fully saturated rings. The van der Waals surface area contributed by atoms with Crippen LogP contribution >= 0.6 is 0 Å². The highest BCUT2D eigenvalue weighted by molar-refractivity contribution is 5.77. The van der Waals surface area contributed by atoms with Crippen LogP contribution in [0.15, 0.2) is 106 Å². The van der Waals surface area contributed by atoms with Crippen molar-refractivity contribution in [1.82, 2.24) is 9.97 Å². The number of ether oxygens (including phenoxy) is 2. The number of benzene rings is 4. The van der Waals surface area contributed by atoms with Gasteiger partial charge in [0.25, 0.3) is 0 Å². The maximum atomic E-state index is 15.6. The smallest absolute Gasteiger partial charge is 0.395 e. The molecule has 2 unspecified atom stereocenters. The molecule has 0 aliphatic heterocycles. The van der Waals surface area contributed by atoms with Crippen LogP contribution in [0.25, 0.3) is 45.1 Å². The maximum absolute atomic E-state index is 15.6. The van der Waals surface area contributed by atoms with Crippen LogP contribution in [0.5, 0.6) is 11.5 Å². The lowest BCUT2D eigenvalue weighted by Crippen LogP contribution is -2.89. The van der Waals surface area contributed by atoms with E-state index in [1.807, 2.05) is 0 Å². The Bertz CT molecular complexity index is 1740. The normalized spacial score (nSPS) is 20.9. The number of rotatable bonds is 6. The number of para-hydroxylation sites is 4. The molecule has 0 saturated heterocycles. The van der Waals surface area contributed by atoms with Crippen LogP contribution in [0.3, 0.4) is 0 Å². The van der Waals surface area contributed by atoms with Crippen molar-refractivity contribution in [2.75, 3.05) is 14.2 Å². The van der Waals surface area contributed by atoms with Gasteiger partial charge in [-0.3, -0.25) is 0 Å². The number of hydrogen-bond acceptors (Lipinski definition) is 8. The summed E-state index contributed by atoms with van der Waals surface area (Å²) in [6.45, 7) is 0. The van der Waals surface area contributed by atoms with E-state index in [9.17, 15) is 17.6 Å². The highest BCUT2D eigenvalue weighted by Gasteiger charge is 3.03. The molecule has 8 nitrogen and oxygen atoms in total. The fourth-order valence-corrected chi connectivity index (χ4v) is 4.65. The Balaban J connectivity index is 0.00000100. The van der Waals surface area contributed by atoms with Crippen molar-refractivity contribution in [3.63, 3.8) is 0 Å². The number of hydrogen-bond donors (Lipinski definition) is 2. The van der Waals surface area contributed by atoms with Gasteiger partial charge in [0.2, 0.25) is 11.8 Å². The first-order valence-electron chi connectivity index (χ1n) is 13.4. The summed E-state index contributed by atoms with van der Waals surface area (Å²) in [4.78, 5) is 8.54. The topological polar surface area (TPSA) is 111 Å². The summed E-state index contributed by atoms with van der Waals surface area (Å²) in [6.07, 6.45) is 0. The van der Waals surface area contributed by atoms with Gasteiger partial charge >= 0.3 is 23.6 Å². The summed E-state index contributed by atoms with van der Waals surface area (Å²) in [5.74, 6) is -21.9. The van der Waals surface area contributed by atoms with Crippen molar-refractivity contribution in [2.24, 2.45) is 0 Å². The summed E-state index contributed by atoms with van der Waals surface area (Å²) in [5, 5.41) is 14.0. The van der Waals surface area contributed by atoms with Crippen molar-refractivity contribution in [2.45, 2.75) is 23.6 Å². The second-order valence-corrected chi connectivity index (χ2v) is 9.57. The van der Waals surface area contributed by atoms with Gasteiger partial charge in [0, 0.05) is 25.3 Å². The molecule has 0 radical (unpaired) electrons. The molecule has 46 heavy (non-hydrogen) atoms. The molecule has 0 spiro atoms. The van der Waals surface area contributed by atoms with Crippen LogP contribution in [0.4, 0.5) is 26.3 Å². The van der Waals surface area contributed by atoms with Gasteiger partial charge in [-0.2, -0.15) is 26.3 Å². The molecule has 14 heteroatoms. The Morgan fingerprint density at radius 2 is 0.826 bits per heavy atom. The van der Waals surface area contributed by atoms with Crippen LogP contribution in [-0.2, 0) is 0 Å². The quantitative estimate of drug-likeness (QED) is 0.178. The largest absolute Gasteiger partial charge is 0.447 e. The number of aromatic nitrogens is 2. The first-order chi connectivity index (χ1) is 22.0. The first-order valence-corrected chi connectivity index (χ1v) is 13.4. The van der Waals surface area contributed by atoms with E-state index in [0.29, 0.717) is 33.3 Å². The average Bonchev–Trinajstić information content (AvgIpc) is 3.72. The molecule has 6 aromatic rings. The molecule has 2 aromatic heterocycles. The van der Waals surface area contributed by atoms with Crippen LogP contribution in [0.2, 0.25) is 0 Å². The fraction of sp³-hybridized carbons (Fsp3) is 0.188. The van der Waals surface area contributed by atoms with E-state index >= 15 is 8.78 Å². The second kappa shape index (κ2) is 12.0. The van der Waals surface area contributed by atoms with E-state index in [0.717, 1.165) is 38.5 Å². The van der Waals surface area contributed by atoms with Crippen molar-refractivity contribution >= 4 is 22.2 Å². The van der Waals surface area contributed by atoms with E-state index in [-0.39, 0.29) is 11.8 Å². The zero-order valence-electron chi connectivity index (χ0n) is 23.9. The van der Waals surface area contributed by atoms with Gasteiger partial charge < -0.3 is 28.5 Å². The number of fused-ring (bicyclic) bond motifs is 2. The number of nitrogens with zero attached hydrogens (tertiary/aromatic N) is 2. The summed E-state index contributed by atoms with van der Waals surface area (Å²) < 4.78 is 110. The van der Waals surface area contributed by atoms with Crippen molar-refractivity contribution in [1.29, 1.82) is 0 Å². The van der Waals surface area contributed by atoms with Crippen LogP contribution in [-0.4, -0.2) is 58.0 Å². The van der Waals surface area contributed by atoms with Crippen LogP contribution in [0, 0.1) is 0 Å². The summed E-state index contributed by atoms with van der Waals surface area (Å²) in [5.41, 5.74) is 2.75. The predicted molar refractivity (Wildman–Crippen MR) is 154 cm³/mol. The van der Waals surface area contributed by atoms with E-state index in [1.54, 1.807) is 48.5 Å². The van der Waals surface area contributed by atoms with E-state index < -0.39 is 35.1 Å². The van der Waals surface area contributed by atoms with Gasteiger partial charge in [-0.05, 0) is 72.8 Å². The number of aliphatic hydroxyl groups is 2. The molecule has 1 aliphatic rings. The van der Waals surface area contributed by atoms with Crippen molar-refractivity contribution in [3.05, 3.63) is 97.1 Å². The molecule has 0 amide bonds. The Morgan fingerprint density at radius 1 is 0.500 bits per heavy atom. The number of oxazole rings is 2. The Kier molecular flexibility index (Phi) is 8.45. The molecule has 240 valence electrons. The molecular formula is C32H24F6N2O6. The van der Waals surface area contributed by atoms with Crippen molar-refractivity contribution in [3.8, 4) is 34.4 Å². The molecule has 0 bridgehead atoms. The molecule has 4 aromatic carbocycles. The third-order valence-corrected chi connectivity index (χ3v) is 6.92. The van der Waals surface area contributed by atoms with E-state index in [4.69, 9.17) is 19.0 Å². The standard InChI is InChI=1S/C30H16F6N2O4.2CH4O/c31-27(32)28(33,34)30(36,42-20-15-11-18(12-16-20)26-38-22-6-2-4-8-24(22)40-26)29(27,35)41-19-13-9-17(10-14-19)25-37-21-5-1-3-7-23(21)39-25;2*1-2/h1-16H;2*2H,1H3. The molecule has 2 N–H and O–H groups in total. The average molecular weight is 647 g/mol. The Labute approximate surface area is 256 Å². The van der Waals surface area contributed by atoms with Crippen LogP contribution in [0.1, 0.15) is 0 Å². The number of alkyl halides is 6. The molecule has 7 rings (SSSR count). The van der Waals surface area contributed by atoms with Gasteiger partial charge in [0.15, 0.2) is 11.2 Å². The second-order valence-electron chi connectivity index (χ2n) is 9.57. The first kappa shape index (κ1) is 32.3. The van der Waals surface area contributed by atoms with E-state index in [2.05, 4.69) is 19.4 Å². The third-order valence-electron chi connectivity index (χ3n) is 6.92. The minimum atomic E-state index is -5.58. The molecule has 2 atom stereocenters. The molecule has 1 saturated carbocycles. The summed E-state index contributed by atoms with van der Waals surface area (Å²) in [7, 11) is 2.00. The van der Waals surface area contributed by atoms with Gasteiger partial charge in [-0.15, -0.1) is 0 Å². The van der Waals surface area contributed by atoms with E-state index in [1.165, 1.54) is 24.3 Å². The minimum absolute atomic E-state index is 0.155. The lowest BCUT2D eigenvalue weighted by molar-refractivity contribution is -0.527. The highest BCUT2D eigenvalue weighted by atomic mass is 19.3. The predicted octanol–water partition coefficient (Wildman–Crippen LogP) is 7.59. The highest BCUT2D eigenvalue weighted by Crippen LogP contribution is 2.68. The monoisotopic (exact) mass is 646 g/mol. The molecule has 1 aliphatic carbocycles. The SMILES string of the molecule is CO.CO.FC1(F)C(F)(F)C(F)(Oc2ccc(-c3nc4ccccc4o3)cc2)C1(F)Oc1ccc(-c2nc3ccccc3o2)cc1. The van der Waals surface area contributed by atoms with Gasteiger partial charge in [0.1, 0.15) is 22.5 Å². The molecule has 2 heterocycles. The summed E-state index contributed by atoms with van der Waals surface area (Å²) >= 11 is 0. The van der Waals surface area contributed by atoms with Crippen LogP contribution < -0.4 is 9.47 Å². The summed E-state index contributed by atoms with van der Waals surface area (Å²) in [6, 6.07) is 22.8. The lowest BCUT2D eigenvalue weighted by atomic mass is 9.76. The minimum Gasteiger partial charge on any atom is -0.447 e. The third kappa shape index (κ3) is 4.90. The zero-order valence-corrected chi connectivity index (χ0v) is 23.9. The lowest BCUT2D eigenvalue weighted by Gasteiger charge is -2.55. The van der Waals surface area contributed by atoms with Crippen molar-refractivity contribution < 1.29 is 54.9 Å². The van der Waals surface area contributed by atoms with Gasteiger partial charge in [0.05, 0.1) is 0 Å². The molecular weight excluding hydrogens is 622 g/mol. The Morgan fingerprint density at radius 3 is 1.15 bits per heavy atom. The van der Waals surface area contributed by atoms with Gasteiger partial charge in [-0.1, -0.05) is 24.3 Å². The Hall–Kier alpha value is -5.08.